The molecular weight excluding hydrogens is 435 g/mol. The van der Waals surface area contributed by atoms with Crippen molar-refractivity contribution in [2.24, 2.45) is 0 Å². The van der Waals surface area contributed by atoms with Crippen molar-refractivity contribution in [3.05, 3.63) is 60.5 Å². The number of ether oxygens (including phenoxy) is 1. The predicted molar refractivity (Wildman–Crippen MR) is 101 cm³/mol. The van der Waals surface area contributed by atoms with E-state index in [0.29, 0.717) is 22.5 Å². The number of nitrogens with zero attached hydrogens (tertiary/aromatic N) is 1. The molecule has 0 aliphatic heterocycles. The van der Waals surface area contributed by atoms with Gasteiger partial charge in [-0.15, -0.1) is 0 Å². The Morgan fingerprint density at radius 2 is 1.92 bits per heavy atom. The highest BCUT2D eigenvalue weighted by Gasteiger charge is 2.16. The molecule has 2 aromatic rings. The SMILES string of the molecule is CCCOc1c(Cl)cc(C(=O)Nc2ccc([N+](=O)[O-])cc2Br)cc1Cl. The molecule has 0 spiro atoms. The Kier molecular flexibility index (Phi) is 6.64. The molecule has 0 aliphatic carbocycles. The van der Waals surface area contributed by atoms with Crippen LogP contribution in [0.25, 0.3) is 0 Å². The number of anilines is 1. The van der Waals surface area contributed by atoms with Crippen LogP contribution in [0.15, 0.2) is 34.8 Å². The average Bonchev–Trinajstić information content (AvgIpc) is 2.55. The maximum atomic E-state index is 12.4. The molecule has 1 N–H and O–H groups in total. The smallest absolute Gasteiger partial charge is 0.270 e. The summed E-state index contributed by atoms with van der Waals surface area (Å²) in [6, 6.07) is 6.93. The van der Waals surface area contributed by atoms with E-state index in [1.807, 2.05) is 6.92 Å². The molecule has 132 valence electrons. The first-order valence-electron chi connectivity index (χ1n) is 7.20. The molecule has 0 radical (unpaired) electrons. The van der Waals surface area contributed by atoms with Gasteiger partial charge in [0.15, 0.2) is 5.75 Å². The lowest BCUT2D eigenvalue weighted by Crippen LogP contribution is -2.12. The van der Waals surface area contributed by atoms with Crippen LogP contribution in [0.4, 0.5) is 11.4 Å². The van der Waals surface area contributed by atoms with E-state index in [1.54, 1.807) is 0 Å². The minimum Gasteiger partial charge on any atom is -0.490 e. The number of nitro groups is 1. The van der Waals surface area contributed by atoms with Crippen LogP contribution in [0.3, 0.4) is 0 Å². The molecule has 0 saturated heterocycles. The molecule has 0 unspecified atom stereocenters. The third-order valence-corrected chi connectivity index (χ3v) is 4.34. The van der Waals surface area contributed by atoms with E-state index in [4.69, 9.17) is 27.9 Å². The van der Waals surface area contributed by atoms with Crippen molar-refractivity contribution in [3.8, 4) is 5.75 Å². The molecular formula is C16H13BrCl2N2O4. The molecule has 1 amide bonds. The summed E-state index contributed by atoms with van der Waals surface area (Å²) in [4.78, 5) is 22.6. The highest BCUT2D eigenvalue weighted by Crippen LogP contribution is 2.35. The first-order chi connectivity index (χ1) is 11.8. The minimum absolute atomic E-state index is 0.0895. The number of rotatable bonds is 6. The average molecular weight is 448 g/mol. The minimum atomic E-state index is -0.523. The van der Waals surface area contributed by atoms with Gasteiger partial charge in [0, 0.05) is 22.2 Å². The first kappa shape index (κ1) is 19.5. The zero-order valence-electron chi connectivity index (χ0n) is 13.0. The van der Waals surface area contributed by atoms with E-state index in [-0.39, 0.29) is 21.3 Å². The Bertz CT molecular complexity index is 807. The molecule has 2 aromatic carbocycles. The number of halogens is 3. The normalized spacial score (nSPS) is 10.4. The largest absolute Gasteiger partial charge is 0.490 e. The number of nitrogens with one attached hydrogen (secondary N) is 1. The van der Waals surface area contributed by atoms with Gasteiger partial charge in [0.2, 0.25) is 0 Å². The Morgan fingerprint density at radius 3 is 2.44 bits per heavy atom. The summed E-state index contributed by atoms with van der Waals surface area (Å²) in [5.41, 5.74) is 0.534. The highest BCUT2D eigenvalue weighted by atomic mass is 79.9. The summed E-state index contributed by atoms with van der Waals surface area (Å²) < 4.78 is 5.84. The second-order valence-corrected chi connectivity index (χ2v) is 6.66. The fraction of sp³-hybridized carbons (Fsp3) is 0.188. The van der Waals surface area contributed by atoms with E-state index < -0.39 is 10.8 Å². The number of amides is 1. The molecule has 0 saturated carbocycles. The van der Waals surface area contributed by atoms with Crippen molar-refractivity contribution in [1.82, 2.24) is 0 Å². The number of hydrogen-bond donors (Lipinski definition) is 1. The van der Waals surface area contributed by atoms with Crippen molar-refractivity contribution in [2.45, 2.75) is 13.3 Å². The topological polar surface area (TPSA) is 81.5 Å². The van der Waals surface area contributed by atoms with E-state index in [1.165, 1.54) is 30.3 Å². The third kappa shape index (κ3) is 4.84. The van der Waals surface area contributed by atoms with Crippen LogP contribution in [-0.4, -0.2) is 17.4 Å². The lowest BCUT2D eigenvalue weighted by molar-refractivity contribution is -0.384. The van der Waals surface area contributed by atoms with Gasteiger partial charge < -0.3 is 10.1 Å². The van der Waals surface area contributed by atoms with Gasteiger partial charge in [-0.25, -0.2) is 0 Å². The summed E-state index contributed by atoms with van der Waals surface area (Å²) in [7, 11) is 0. The Balaban J connectivity index is 2.22. The number of nitro benzene ring substituents is 1. The van der Waals surface area contributed by atoms with Crippen molar-refractivity contribution in [2.75, 3.05) is 11.9 Å². The first-order valence-corrected chi connectivity index (χ1v) is 8.75. The van der Waals surface area contributed by atoms with Crippen LogP contribution in [0, 0.1) is 10.1 Å². The second-order valence-electron chi connectivity index (χ2n) is 4.99. The van der Waals surface area contributed by atoms with Crippen molar-refractivity contribution >= 4 is 56.4 Å². The van der Waals surface area contributed by atoms with Gasteiger partial charge >= 0.3 is 0 Å². The van der Waals surface area contributed by atoms with E-state index in [2.05, 4.69) is 21.2 Å². The molecule has 2 rings (SSSR count). The van der Waals surface area contributed by atoms with Gasteiger partial charge in [-0.3, -0.25) is 14.9 Å². The van der Waals surface area contributed by atoms with E-state index >= 15 is 0 Å². The number of hydrogen-bond acceptors (Lipinski definition) is 4. The van der Waals surface area contributed by atoms with Crippen molar-refractivity contribution in [1.29, 1.82) is 0 Å². The lowest BCUT2D eigenvalue weighted by atomic mass is 10.2. The van der Waals surface area contributed by atoms with Gasteiger partial charge in [-0.05, 0) is 40.5 Å². The monoisotopic (exact) mass is 446 g/mol. The Labute approximate surface area is 162 Å². The Hall–Kier alpha value is -1.83. The maximum Gasteiger partial charge on any atom is 0.270 e. The molecule has 0 atom stereocenters. The van der Waals surface area contributed by atoms with Crippen molar-refractivity contribution < 1.29 is 14.5 Å². The summed E-state index contributed by atoms with van der Waals surface area (Å²) in [6.07, 6.45) is 0.795. The third-order valence-electron chi connectivity index (χ3n) is 3.12. The quantitative estimate of drug-likeness (QED) is 0.454. The molecule has 25 heavy (non-hydrogen) atoms. The van der Waals surface area contributed by atoms with Gasteiger partial charge in [0.1, 0.15) is 0 Å². The summed E-state index contributed by atoms with van der Waals surface area (Å²) in [5, 5.41) is 13.9. The van der Waals surface area contributed by atoms with Gasteiger partial charge in [-0.1, -0.05) is 30.1 Å². The zero-order valence-corrected chi connectivity index (χ0v) is 16.1. The van der Waals surface area contributed by atoms with Crippen LogP contribution in [0.5, 0.6) is 5.75 Å². The van der Waals surface area contributed by atoms with Crippen LogP contribution in [-0.2, 0) is 0 Å². The molecule has 0 aliphatic rings. The van der Waals surface area contributed by atoms with E-state index in [0.717, 1.165) is 6.42 Å². The number of carbonyl (C=O) groups is 1. The van der Waals surface area contributed by atoms with Crippen LogP contribution in [0.2, 0.25) is 10.0 Å². The standard InChI is InChI=1S/C16H13BrCl2N2O4/c1-2-5-25-15-12(18)6-9(7-13(15)19)16(22)20-14-4-3-10(21(23)24)8-11(14)17/h3-4,6-8H,2,5H2,1H3,(H,20,22). The van der Waals surface area contributed by atoms with E-state index in [9.17, 15) is 14.9 Å². The zero-order chi connectivity index (χ0) is 18.6. The highest BCUT2D eigenvalue weighted by molar-refractivity contribution is 9.10. The number of non-ortho nitro benzene ring substituents is 1. The second kappa shape index (κ2) is 8.51. The molecule has 6 nitrogen and oxygen atoms in total. The Morgan fingerprint density at radius 1 is 1.28 bits per heavy atom. The van der Waals surface area contributed by atoms with Gasteiger partial charge in [0.05, 0.1) is 27.3 Å². The lowest BCUT2D eigenvalue weighted by Gasteiger charge is -2.12. The maximum absolute atomic E-state index is 12.4. The fourth-order valence-electron chi connectivity index (χ4n) is 1.95. The molecule has 0 heterocycles. The summed E-state index contributed by atoms with van der Waals surface area (Å²) in [5.74, 6) is -0.126. The van der Waals surface area contributed by atoms with Crippen LogP contribution in [0.1, 0.15) is 23.7 Å². The molecule has 0 bridgehead atoms. The summed E-state index contributed by atoms with van der Waals surface area (Å²) in [6.45, 7) is 2.41. The van der Waals surface area contributed by atoms with Gasteiger partial charge in [-0.2, -0.15) is 0 Å². The fourth-order valence-corrected chi connectivity index (χ4v) is 3.01. The van der Waals surface area contributed by atoms with Gasteiger partial charge in [0.25, 0.3) is 11.6 Å². The van der Waals surface area contributed by atoms with Crippen LogP contribution < -0.4 is 10.1 Å². The van der Waals surface area contributed by atoms with Crippen molar-refractivity contribution in [3.63, 3.8) is 0 Å². The number of benzene rings is 2. The predicted octanol–water partition coefficient (Wildman–Crippen LogP) is 5.71. The molecule has 9 heteroatoms. The molecule has 0 aromatic heterocycles. The number of carbonyl (C=O) groups excluding carboxylic acids is 1. The summed E-state index contributed by atoms with van der Waals surface area (Å²) >= 11 is 15.5. The molecule has 0 fully saturated rings. The van der Waals surface area contributed by atoms with Crippen LogP contribution >= 0.6 is 39.1 Å².